The Hall–Kier alpha value is -2.74. The van der Waals surface area contributed by atoms with Crippen molar-refractivity contribution in [2.24, 2.45) is 11.3 Å². The smallest absolute Gasteiger partial charge is 0.0916 e. The fourth-order valence-electron chi connectivity index (χ4n) is 5.38. The molecule has 0 spiro atoms. The Morgan fingerprint density at radius 2 is 1.41 bits per heavy atom. The molecule has 0 amide bonds. The largest absolute Gasteiger partial charge is 0.394 e. The normalized spacial score (nSPS) is 19.2. The van der Waals surface area contributed by atoms with Gasteiger partial charge in [0.05, 0.1) is 30.9 Å². The van der Waals surface area contributed by atoms with Crippen molar-refractivity contribution in [2.75, 3.05) is 39.3 Å². The fraction of sp³-hybridized carbons (Fsp3) is 0.576. The molecule has 2 N–H and O–H groups in total. The van der Waals surface area contributed by atoms with Gasteiger partial charge in [0.25, 0.3) is 0 Å². The van der Waals surface area contributed by atoms with Crippen LogP contribution in [0.1, 0.15) is 82.6 Å². The predicted molar refractivity (Wildman–Crippen MR) is 158 cm³/mol. The first kappa shape index (κ1) is 32.5. The zero-order valence-corrected chi connectivity index (χ0v) is 24.2. The number of piperidine rings is 2. The fourth-order valence-corrected chi connectivity index (χ4v) is 5.38. The number of β-amino-alcohol motifs (C(OH)–C–C–N with tert-alkyl or cyclic N) is 1. The molecule has 2 saturated heterocycles. The van der Waals surface area contributed by atoms with Gasteiger partial charge in [0, 0.05) is 19.4 Å². The lowest BCUT2D eigenvalue weighted by Gasteiger charge is -2.41. The van der Waals surface area contributed by atoms with E-state index in [1.54, 1.807) is 0 Å². The van der Waals surface area contributed by atoms with Crippen LogP contribution in [0.15, 0.2) is 60.7 Å². The number of hydrogen-bond acceptors (Lipinski definition) is 6. The van der Waals surface area contributed by atoms with Crippen LogP contribution in [0.4, 0.5) is 0 Å². The molecule has 2 aromatic carbocycles. The molecule has 6 heteroatoms. The van der Waals surface area contributed by atoms with Crippen LogP contribution >= 0.6 is 0 Å². The van der Waals surface area contributed by atoms with E-state index in [4.69, 9.17) is 10.5 Å². The van der Waals surface area contributed by atoms with Crippen LogP contribution in [0.25, 0.3) is 0 Å². The van der Waals surface area contributed by atoms with Gasteiger partial charge in [-0.05, 0) is 74.3 Å². The zero-order chi connectivity index (χ0) is 28.5. The average Bonchev–Trinajstić information content (AvgIpc) is 2.98. The molecule has 2 aliphatic rings. The lowest BCUT2D eigenvalue weighted by atomic mass is 9.77. The Balaban J connectivity index is 0.000000258. The highest BCUT2D eigenvalue weighted by Gasteiger charge is 2.32. The summed E-state index contributed by atoms with van der Waals surface area (Å²) in [6.45, 7) is 11.0. The molecule has 4 rings (SSSR count). The minimum absolute atomic E-state index is 0.0906. The summed E-state index contributed by atoms with van der Waals surface area (Å²) in [5.41, 5.74) is 2.31. The molecule has 2 aliphatic heterocycles. The second kappa shape index (κ2) is 17.8. The first-order valence-corrected chi connectivity index (χ1v) is 14.6. The van der Waals surface area contributed by atoms with E-state index in [0.717, 1.165) is 57.4 Å². The van der Waals surface area contributed by atoms with Gasteiger partial charge in [-0.25, -0.2) is 0 Å². The standard InChI is InChI=1S/C16H22N2O.C15H20N2O.C2H6/c1-16(7-10-17)8-11-18(12-9-16)15(13-19)14-5-3-2-4-6-14;16-9-6-13-7-10-17(11-8-13)12-15(18)14-4-2-1-3-5-14;1-2/h2-6,15,19H,7-9,11-13H2,1H3;1-5,13,15,18H,6-8,10-12H2;1-2H3. The van der Waals surface area contributed by atoms with Crippen molar-refractivity contribution < 1.29 is 10.2 Å². The van der Waals surface area contributed by atoms with Gasteiger partial charge >= 0.3 is 0 Å². The SMILES string of the molecule is CC.CC1(CC#N)CCN(C(CO)c2ccccc2)CC1.N#CCC1CCN(CC(O)c2ccccc2)CC1. The third-order valence-corrected chi connectivity index (χ3v) is 8.01. The van der Waals surface area contributed by atoms with Crippen molar-refractivity contribution in [3.63, 3.8) is 0 Å². The first-order valence-electron chi connectivity index (χ1n) is 14.6. The highest BCUT2D eigenvalue weighted by Crippen LogP contribution is 2.36. The summed E-state index contributed by atoms with van der Waals surface area (Å²) < 4.78 is 0. The minimum atomic E-state index is -0.404. The summed E-state index contributed by atoms with van der Waals surface area (Å²) in [6, 6.07) is 24.6. The van der Waals surface area contributed by atoms with Crippen molar-refractivity contribution in [1.29, 1.82) is 10.5 Å². The molecule has 2 fully saturated rings. The van der Waals surface area contributed by atoms with Crippen LogP contribution in [0.2, 0.25) is 0 Å². The molecule has 2 heterocycles. The molecule has 2 unspecified atom stereocenters. The van der Waals surface area contributed by atoms with Crippen LogP contribution in [0, 0.1) is 34.0 Å². The third-order valence-electron chi connectivity index (χ3n) is 8.01. The van der Waals surface area contributed by atoms with Gasteiger partial charge in [0.15, 0.2) is 0 Å². The Labute approximate surface area is 236 Å². The lowest BCUT2D eigenvalue weighted by molar-refractivity contribution is 0.0566. The van der Waals surface area contributed by atoms with Crippen molar-refractivity contribution in [1.82, 2.24) is 9.80 Å². The Morgan fingerprint density at radius 3 is 1.90 bits per heavy atom. The Bertz CT molecular complexity index is 986. The second-order valence-electron chi connectivity index (χ2n) is 10.8. The number of aliphatic hydroxyl groups excluding tert-OH is 2. The van der Waals surface area contributed by atoms with E-state index >= 15 is 0 Å². The molecule has 0 bridgehead atoms. The van der Waals surface area contributed by atoms with E-state index in [2.05, 4.69) is 41.0 Å². The van der Waals surface area contributed by atoms with Gasteiger partial charge < -0.3 is 15.1 Å². The Morgan fingerprint density at radius 1 is 0.872 bits per heavy atom. The maximum atomic E-state index is 10.1. The van der Waals surface area contributed by atoms with Gasteiger partial charge in [0.1, 0.15) is 0 Å². The number of nitrogens with zero attached hydrogens (tertiary/aromatic N) is 4. The predicted octanol–water partition coefficient (Wildman–Crippen LogP) is 6.11. The maximum Gasteiger partial charge on any atom is 0.0916 e. The summed E-state index contributed by atoms with van der Waals surface area (Å²) in [5, 5.41) is 37.4. The summed E-state index contributed by atoms with van der Waals surface area (Å²) in [4.78, 5) is 4.64. The second-order valence-corrected chi connectivity index (χ2v) is 10.8. The van der Waals surface area contributed by atoms with Gasteiger partial charge in [0.2, 0.25) is 0 Å². The van der Waals surface area contributed by atoms with Crippen LogP contribution in [-0.2, 0) is 0 Å². The number of benzene rings is 2. The molecule has 6 nitrogen and oxygen atoms in total. The topological polar surface area (TPSA) is 94.5 Å². The summed E-state index contributed by atoms with van der Waals surface area (Å²) in [7, 11) is 0. The average molecular weight is 533 g/mol. The monoisotopic (exact) mass is 532 g/mol. The summed E-state index contributed by atoms with van der Waals surface area (Å²) in [6.07, 6.45) is 5.13. The minimum Gasteiger partial charge on any atom is -0.394 e. The van der Waals surface area contributed by atoms with Crippen molar-refractivity contribution in [3.8, 4) is 12.1 Å². The van der Waals surface area contributed by atoms with Crippen molar-refractivity contribution in [3.05, 3.63) is 71.8 Å². The van der Waals surface area contributed by atoms with E-state index < -0.39 is 6.10 Å². The van der Waals surface area contributed by atoms with E-state index in [1.807, 2.05) is 62.4 Å². The van der Waals surface area contributed by atoms with Crippen molar-refractivity contribution >= 4 is 0 Å². The molecule has 39 heavy (non-hydrogen) atoms. The molecule has 0 aromatic heterocycles. The number of rotatable bonds is 8. The highest BCUT2D eigenvalue weighted by atomic mass is 16.3. The number of nitriles is 2. The number of likely N-dealkylation sites (tertiary alicyclic amines) is 2. The molecule has 0 saturated carbocycles. The summed E-state index contributed by atoms with van der Waals surface area (Å²) >= 11 is 0. The molecule has 0 aliphatic carbocycles. The molecule has 2 aromatic rings. The van der Waals surface area contributed by atoms with Crippen molar-refractivity contribution in [2.45, 2.75) is 71.4 Å². The van der Waals surface area contributed by atoms with E-state index in [9.17, 15) is 10.2 Å². The molecule has 2 atom stereocenters. The van der Waals surface area contributed by atoms with Gasteiger partial charge in [-0.2, -0.15) is 10.5 Å². The zero-order valence-electron chi connectivity index (χ0n) is 24.2. The van der Waals surface area contributed by atoms with E-state index in [1.165, 1.54) is 5.56 Å². The van der Waals surface area contributed by atoms with Crippen LogP contribution < -0.4 is 0 Å². The quantitative estimate of drug-likeness (QED) is 0.426. The van der Waals surface area contributed by atoms with Crippen LogP contribution in [0.5, 0.6) is 0 Å². The first-order chi connectivity index (χ1) is 19.0. The van der Waals surface area contributed by atoms with Gasteiger partial charge in [-0.1, -0.05) is 81.4 Å². The van der Waals surface area contributed by atoms with Gasteiger partial charge in [-0.15, -0.1) is 0 Å². The molecule has 212 valence electrons. The third kappa shape index (κ3) is 10.7. The number of hydrogen-bond donors (Lipinski definition) is 2. The van der Waals surface area contributed by atoms with Crippen LogP contribution in [-0.4, -0.2) is 59.3 Å². The lowest BCUT2D eigenvalue weighted by Crippen LogP contribution is -2.41. The molecular weight excluding hydrogens is 484 g/mol. The number of aliphatic hydroxyl groups is 2. The highest BCUT2D eigenvalue weighted by molar-refractivity contribution is 5.19. The molecular formula is C33H48N4O2. The van der Waals surface area contributed by atoms with E-state index in [0.29, 0.717) is 25.3 Å². The Kier molecular flexibility index (Phi) is 14.8. The van der Waals surface area contributed by atoms with Gasteiger partial charge in [-0.3, -0.25) is 4.90 Å². The summed E-state index contributed by atoms with van der Waals surface area (Å²) in [5.74, 6) is 0.556. The van der Waals surface area contributed by atoms with E-state index in [-0.39, 0.29) is 18.1 Å². The van der Waals surface area contributed by atoms with Crippen LogP contribution in [0.3, 0.4) is 0 Å². The molecule has 0 radical (unpaired) electrons. The maximum absolute atomic E-state index is 10.1.